The van der Waals surface area contributed by atoms with Crippen LogP contribution in [0.5, 0.6) is 0 Å². The summed E-state index contributed by atoms with van der Waals surface area (Å²) in [5.41, 5.74) is 0.172. The first-order valence-corrected chi connectivity index (χ1v) is 10.3. The van der Waals surface area contributed by atoms with Crippen molar-refractivity contribution >= 4 is 23.6 Å². The first kappa shape index (κ1) is 21.7. The van der Waals surface area contributed by atoms with Gasteiger partial charge in [-0.25, -0.2) is 9.78 Å². The summed E-state index contributed by atoms with van der Waals surface area (Å²) in [4.78, 5) is 30.5. The first-order chi connectivity index (χ1) is 13.4. The van der Waals surface area contributed by atoms with E-state index in [9.17, 15) is 20.1 Å². The molecule has 1 aromatic heterocycles. The van der Waals surface area contributed by atoms with Crippen LogP contribution in [0, 0.1) is 29.6 Å². The van der Waals surface area contributed by atoms with Crippen LogP contribution in [0.3, 0.4) is 0 Å². The van der Waals surface area contributed by atoms with Crippen molar-refractivity contribution in [1.29, 1.82) is 10.5 Å². The Morgan fingerprint density at radius 1 is 1.32 bits per heavy atom. The Kier molecular flexibility index (Phi) is 7.42. The summed E-state index contributed by atoms with van der Waals surface area (Å²) < 4.78 is 4.98. The second-order valence-corrected chi connectivity index (χ2v) is 7.72. The first-order valence-electron chi connectivity index (χ1n) is 9.28. The third-order valence-electron chi connectivity index (χ3n) is 5.03. The third kappa shape index (κ3) is 4.63. The average molecular weight is 401 g/mol. The zero-order valence-electron chi connectivity index (χ0n) is 16.4. The smallest absolute Gasteiger partial charge is 0.340 e. The SMILES string of the molecule is CCOC(=O)c1cc(C#N)c(SCC(=O)N(C)C2(C#N)CCCCC2)nc1C. The van der Waals surface area contributed by atoms with Crippen LogP contribution in [0.15, 0.2) is 11.1 Å². The van der Waals surface area contributed by atoms with E-state index < -0.39 is 11.5 Å². The lowest BCUT2D eigenvalue weighted by Gasteiger charge is -2.39. The third-order valence-corrected chi connectivity index (χ3v) is 6.01. The molecule has 0 unspecified atom stereocenters. The molecule has 0 radical (unpaired) electrons. The number of aromatic nitrogens is 1. The van der Waals surface area contributed by atoms with Crippen molar-refractivity contribution < 1.29 is 14.3 Å². The normalized spacial score (nSPS) is 15.2. The fourth-order valence-corrected chi connectivity index (χ4v) is 4.23. The molecule has 1 amide bonds. The summed E-state index contributed by atoms with van der Waals surface area (Å²) in [5, 5.41) is 19.4. The Morgan fingerprint density at radius 2 is 2.00 bits per heavy atom. The molecule has 1 saturated carbocycles. The summed E-state index contributed by atoms with van der Waals surface area (Å²) in [7, 11) is 1.67. The number of thioether (sulfide) groups is 1. The molecule has 1 aliphatic carbocycles. The zero-order valence-corrected chi connectivity index (χ0v) is 17.3. The van der Waals surface area contributed by atoms with Crippen LogP contribution in [-0.2, 0) is 9.53 Å². The van der Waals surface area contributed by atoms with Crippen molar-refractivity contribution in [2.24, 2.45) is 0 Å². The minimum absolute atomic E-state index is 0.0692. The highest BCUT2D eigenvalue weighted by Crippen LogP contribution is 2.33. The van der Waals surface area contributed by atoms with Crippen LogP contribution in [0.2, 0.25) is 0 Å². The highest BCUT2D eigenvalue weighted by Gasteiger charge is 2.38. The molecular formula is C20H24N4O3S. The molecule has 0 aliphatic heterocycles. The number of hydrogen-bond donors (Lipinski definition) is 0. The zero-order chi connectivity index (χ0) is 20.7. The van der Waals surface area contributed by atoms with E-state index in [4.69, 9.17) is 4.74 Å². The Bertz CT molecular complexity index is 835. The fraction of sp³-hybridized carbons (Fsp3) is 0.550. The number of esters is 1. The highest BCUT2D eigenvalue weighted by molar-refractivity contribution is 8.00. The molecule has 28 heavy (non-hydrogen) atoms. The Balaban J connectivity index is 2.14. The maximum absolute atomic E-state index is 12.7. The minimum atomic E-state index is -0.745. The van der Waals surface area contributed by atoms with Crippen LogP contribution in [0.4, 0.5) is 0 Å². The number of ether oxygens (including phenoxy) is 1. The molecule has 0 aromatic carbocycles. The lowest BCUT2D eigenvalue weighted by Crippen LogP contribution is -2.50. The second-order valence-electron chi connectivity index (χ2n) is 6.75. The van der Waals surface area contributed by atoms with Gasteiger partial charge in [-0.3, -0.25) is 4.79 Å². The van der Waals surface area contributed by atoms with E-state index in [0.29, 0.717) is 23.6 Å². The van der Waals surface area contributed by atoms with Crippen molar-refractivity contribution in [3.8, 4) is 12.1 Å². The molecule has 7 nitrogen and oxygen atoms in total. The summed E-state index contributed by atoms with van der Waals surface area (Å²) >= 11 is 1.14. The lowest BCUT2D eigenvalue weighted by atomic mass is 9.81. The maximum atomic E-state index is 12.7. The van der Waals surface area contributed by atoms with Crippen LogP contribution < -0.4 is 0 Å². The van der Waals surface area contributed by atoms with E-state index in [1.54, 1.807) is 25.8 Å². The highest BCUT2D eigenvalue weighted by atomic mass is 32.2. The van der Waals surface area contributed by atoms with Crippen LogP contribution in [-0.4, -0.2) is 46.7 Å². The minimum Gasteiger partial charge on any atom is -0.462 e. The van der Waals surface area contributed by atoms with E-state index in [1.165, 1.54) is 6.07 Å². The lowest BCUT2D eigenvalue weighted by molar-refractivity contribution is -0.131. The summed E-state index contributed by atoms with van der Waals surface area (Å²) in [5.74, 6) is -0.629. The van der Waals surface area contributed by atoms with Crippen LogP contribution in [0.25, 0.3) is 0 Å². The molecule has 8 heteroatoms. The quantitative estimate of drug-likeness (QED) is 0.533. The number of pyridine rings is 1. The van der Waals surface area contributed by atoms with Gasteiger partial charge in [-0.1, -0.05) is 31.0 Å². The van der Waals surface area contributed by atoms with Gasteiger partial charge in [0.1, 0.15) is 16.6 Å². The Morgan fingerprint density at radius 3 is 2.57 bits per heavy atom. The average Bonchev–Trinajstić information content (AvgIpc) is 2.72. The number of nitriles is 2. The molecule has 0 spiro atoms. The van der Waals surface area contributed by atoms with E-state index in [1.807, 2.05) is 6.07 Å². The van der Waals surface area contributed by atoms with Gasteiger partial charge in [0.2, 0.25) is 5.91 Å². The van der Waals surface area contributed by atoms with Crippen molar-refractivity contribution in [3.63, 3.8) is 0 Å². The molecule has 1 aliphatic rings. The van der Waals surface area contributed by atoms with Crippen LogP contribution in [0.1, 0.15) is 60.6 Å². The molecule has 0 atom stereocenters. The van der Waals surface area contributed by atoms with Crippen molar-refractivity contribution in [1.82, 2.24) is 9.88 Å². The predicted molar refractivity (Wildman–Crippen MR) is 105 cm³/mol. The predicted octanol–water partition coefficient (Wildman–Crippen LogP) is 3.22. The summed E-state index contributed by atoms with van der Waals surface area (Å²) in [6.45, 7) is 3.61. The molecule has 2 rings (SSSR count). The number of carbonyl (C=O) groups is 2. The fourth-order valence-electron chi connectivity index (χ4n) is 3.31. The summed E-state index contributed by atoms with van der Waals surface area (Å²) in [6, 6.07) is 5.82. The summed E-state index contributed by atoms with van der Waals surface area (Å²) in [6.07, 6.45) is 4.33. The molecule has 0 N–H and O–H groups in total. The molecule has 1 aromatic rings. The largest absolute Gasteiger partial charge is 0.462 e. The number of amides is 1. The van der Waals surface area contributed by atoms with Gasteiger partial charge in [-0.05, 0) is 32.8 Å². The molecule has 0 bridgehead atoms. The van der Waals surface area contributed by atoms with E-state index >= 15 is 0 Å². The van der Waals surface area contributed by atoms with Crippen molar-refractivity contribution in [2.75, 3.05) is 19.4 Å². The topological polar surface area (TPSA) is 107 Å². The van der Waals surface area contributed by atoms with Crippen LogP contribution >= 0.6 is 11.8 Å². The van der Waals surface area contributed by atoms with Gasteiger partial charge in [0.15, 0.2) is 0 Å². The second kappa shape index (κ2) is 9.57. The van der Waals surface area contributed by atoms with Gasteiger partial charge < -0.3 is 9.64 Å². The van der Waals surface area contributed by atoms with E-state index in [2.05, 4.69) is 11.1 Å². The monoisotopic (exact) mass is 400 g/mol. The number of rotatable bonds is 6. The molecule has 0 saturated heterocycles. The van der Waals surface area contributed by atoms with E-state index in [-0.39, 0.29) is 29.4 Å². The van der Waals surface area contributed by atoms with Gasteiger partial charge in [-0.15, -0.1) is 0 Å². The number of nitrogens with zero attached hydrogens (tertiary/aromatic N) is 4. The van der Waals surface area contributed by atoms with E-state index in [0.717, 1.165) is 31.0 Å². The Labute approximate surface area is 169 Å². The standard InChI is InChI=1S/C20H24N4O3S/c1-4-27-19(26)16-10-15(11-21)18(23-14(16)2)28-12-17(25)24(3)20(13-22)8-6-5-7-9-20/h10H,4-9,12H2,1-3H3. The molecular weight excluding hydrogens is 376 g/mol. The Hall–Kier alpha value is -2.58. The van der Waals surface area contributed by atoms with Crippen molar-refractivity contribution in [3.05, 3.63) is 22.9 Å². The maximum Gasteiger partial charge on any atom is 0.340 e. The van der Waals surface area contributed by atoms with Gasteiger partial charge in [0, 0.05) is 7.05 Å². The van der Waals surface area contributed by atoms with Gasteiger partial charge in [0.25, 0.3) is 0 Å². The molecule has 148 valence electrons. The number of aryl methyl sites for hydroxylation is 1. The van der Waals surface area contributed by atoms with Gasteiger partial charge >= 0.3 is 5.97 Å². The molecule has 1 heterocycles. The number of carbonyl (C=O) groups excluding carboxylic acids is 2. The van der Waals surface area contributed by atoms with Crippen molar-refractivity contribution in [2.45, 2.75) is 56.5 Å². The van der Waals surface area contributed by atoms with Gasteiger partial charge in [0.05, 0.1) is 35.2 Å². The van der Waals surface area contributed by atoms with Gasteiger partial charge in [-0.2, -0.15) is 10.5 Å². The molecule has 1 fully saturated rings. The number of hydrogen-bond acceptors (Lipinski definition) is 7.